The Kier molecular flexibility index (Phi) is 2.99. The highest BCUT2D eigenvalue weighted by molar-refractivity contribution is 7.99. The van der Waals surface area contributed by atoms with Gasteiger partial charge in [-0.25, -0.2) is 0 Å². The van der Waals surface area contributed by atoms with Crippen molar-refractivity contribution < 1.29 is 4.79 Å². The normalized spacial score (nSPS) is 9.42. The maximum Gasteiger partial charge on any atom is 0.250 e. The van der Waals surface area contributed by atoms with Crippen molar-refractivity contribution in [2.75, 3.05) is 11.0 Å². The van der Waals surface area contributed by atoms with Gasteiger partial charge in [0.15, 0.2) is 0 Å². The summed E-state index contributed by atoms with van der Waals surface area (Å²) in [6.07, 6.45) is 1.89. The van der Waals surface area contributed by atoms with Gasteiger partial charge in [-0.2, -0.15) is 0 Å². The minimum absolute atomic E-state index is 0.410. The van der Waals surface area contributed by atoms with Crippen molar-refractivity contribution >= 4 is 23.5 Å². The van der Waals surface area contributed by atoms with Gasteiger partial charge < -0.3 is 10.5 Å². The molecule has 0 aliphatic carbocycles. The number of rotatable bonds is 3. The number of hydrogen-bond acceptors (Lipinski definition) is 3. The molecule has 0 atom stereocenters. The number of primary amides is 1. The van der Waals surface area contributed by atoms with Crippen molar-refractivity contribution in [1.29, 1.82) is 0 Å². The first-order valence-corrected chi connectivity index (χ1v) is 4.66. The van der Waals surface area contributed by atoms with Crippen LogP contribution in [0.25, 0.3) is 0 Å². The quantitative estimate of drug-likeness (QED) is 0.696. The van der Waals surface area contributed by atoms with Gasteiger partial charge in [0.1, 0.15) is 0 Å². The van der Waals surface area contributed by atoms with Gasteiger partial charge in [-0.1, -0.05) is 24.1 Å². The van der Waals surface area contributed by atoms with Gasteiger partial charge in [0.2, 0.25) is 0 Å². The van der Waals surface area contributed by atoms with Crippen molar-refractivity contribution in [2.45, 2.75) is 0 Å². The molecule has 64 valence electrons. The summed E-state index contributed by atoms with van der Waals surface area (Å²) in [4.78, 5) is 10.9. The highest BCUT2D eigenvalue weighted by Gasteiger charge is 2.04. The smallest absolute Gasteiger partial charge is 0.250 e. The van der Waals surface area contributed by atoms with Crippen molar-refractivity contribution in [3.63, 3.8) is 0 Å². The zero-order valence-electron chi connectivity index (χ0n) is 6.70. The van der Waals surface area contributed by atoms with E-state index in [1.165, 1.54) is 11.9 Å². The third-order valence-electron chi connectivity index (χ3n) is 1.40. The van der Waals surface area contributed by atoms with E-state index >= 15 is 0 Å². The predicted octanol–water partition coefficient (Wildman–Crippen LogP) is 1.48. The fourth-order valence-electron chi connectivity index (χ4n) is 0.897. The number of carbonyl (C=O) groups excluding carboxylic acids is 1. The van der Waals surface area contributed by atoms with Crippen LogP contribution in [0.5, 0.6) is 0 Å². The molecule has 0 fully saturated rings. The molecule has 0 spiro atoms. The topological polar surface area (TPSA) is 55.1 Å². The Bertz CT molecular complexity index is 288. The molecule has 3 nitrogen and oxygen atoms in total. The number of anilines is 1. The van der Waals surface area contributed by atoms with Gasteiger partial charge in [-0.15, -0.1) is 0 Å². The van der Waals surface area contributed by atoms with E-state index in [1.807, 2.05) is 18.4 Å². The monoisotopic (exact) mass is 182 g/mol. The number of para-hydroxylation sites is 1. The standard InChI is InChI=1S/C8H10N2OS/c1-12-10-7-5-3-2-4-6(7)8(9)11/h2-5,10H,1H3,(H2,9,11). The second-order valence-electron chi connectivity index (χ2n) is 2.22. The molecule has 3 N–H and O–H groups in total. The largest absolute Gasteiger partial charge is 0.366 e. The molecular weight excluding hydrogens is 172 g/mol. The number of nitrogens with two attached hydrogens (primary N) is 1. The number of nitrogens with one attached hydrogen (secondary N) is 1. The fraction of sp³-hybridized carbons (Fsp3) is 0.125. The number of amides is 1. The summed E-state index contributed by atoms with van der Waals surface area (Å²) < 4.78 is 2.97. The van der Waals surface area contributed by atoms with E-state index < -0.39 is 5.91 Å². The first kappa shape index (κ1) is 8.93. The average molecular weight is 182 g/mol. The summed E-state index contributed by atoms with van der Waals surface area (Å²) in [5, 5.41) is 0. The molecule has 1 rings (SSSR count). The minimum Gasteiger partial charge on any atom is -0.366 e. The zero-order chi connectivity index (χ0) is 8.97. The molecule has 1 aromatic rings. The van der Waals surface area contributed by atoms with E-state index in [2.05, 4.69) is 4.72 Å². The van der Waals surface area contributed by atoms with Crippen LogP contribution in [0.4, 0.5) is 5.69 Å². The third kappa shape index (κ3) is 1.92. The van der Waals surface area contributed by atoms with Crippen molar-refractivity contribution in [1.82, 2.24) is 0 Å². The zero-order valence-corrected chi connectivity index (χ0v) is 7.52. The Balaban J connectivity index is 3.00. The lowest BCUT2D eigenvalue weighted by molar-refractivity contribution is 0.100. The second-order valence-corrected chi connectivity index (χ2v) is 2.83. The van der Waals surface area contributed by atoms with Crippen LogP contribution in [0.15, 0.2) is 24.3 Å². The number of hydrogen-bond donors (Lipinski definition) is 2. The summed E-state index contributed by atoms with van der Waals surface area (Å²) in [5.41, 5.74) is 6.44. The van der Waals surface area contributed by atoms with Crippen molar-refractivity contribution in [2.24, 2.45) is 5.73 Å². The summed E-state index contributed by atoms with van der Waals surface area (Å²) in [7, 11) is 0. The molecule has 0 saturated carbocycles. The summed E-state index contributed by atoms with van der Waals surface area (Å²) >= 11 is 1.43. The molecule has 0 aromatic heterocycles. The highest BCUT2D eigenvalue weighted by atomic mass is 32.2. The van der Waals surface area contributed by atoms with Crippen LogP contribution in [-0.2, 0) is 0 Å². The van der Waals surface area contributed by atoms with Gasteiger partial charge in [0.05, 0.1) is 11.3 Å². The lowest BCUT2D eigenvalue weighted by Crippen LogP contribution is -2.12. The van der Waals surface area contributed by atoms with Crippen LogP contribution in [0, 0.1) is 0 Å². The number of carbonyl (C=O) groups is 1. The molecule has 0 heterocycles. The van der Waals surface area contributed by atoms with E-state index in [0.29, 0.717) is 5.56 Å². The van der Waals surface area contributed by atoms with Crippen LogP contribution >= 0.6 is 11.9 Å². The molecule has 4 heteroatoms. The van der Waals surface area contributed by atoms with Crippen LogP contribution in [-0.4, -0.2) is 12.2 Å². The lowest BCUT2D eigenvalue weighted by Gasteiger charge is -2.05. The van der Waals surface area contributed by atoms with Crippen LogP contribution in [0.3, 0.4) is 0 Å². The van der Waals surface area contributed by atoms with Gasteiger partial charge >= 0.3 is 0 Å². The van der Waals surface area contributed by atoms with Crippen molar-refractivity contribution in [3.8, 4) is 0 Å². The third-order valence-corrected chi connectivity index (χ3v) is 1.83. The number of benzene rings is 1. The van der Waals surface area contributed by atoms with Gasteiger partial charge in [0, 0.05) is 6.26 Å². The second kappa shape index (κ2) is 4.01. The lowest BCUT2D eigenvalue weighted by atomic mass is 10.2. The Labute approximate surface area is 75.5 Å². The van der Waals surface area contributed by atoms with Crippen molar-refractivity contribution in [3.05, 3.63) is 29.8 Å². The molecule has 0 bridgehead atoms. The molecule has 12 heavy (non-hydrogen) atoms. The predicted molar refractivity (Wildman–Crippen MR) is 52.1 cm³/mol. The van der Waals surface area contributed by atoms with E-state index in [4.69, 9.17) is 5.73 Å². The average Bonchev–Trinajstić information content (AvgIpc) is 2.05. The first-order valence-electron chi connectivity index (χ1n) is 3.43. The van der Waals surface area contributed by atoms with Crippen LogP contribution in [0.2, 0.25) is 0 Å². The van der Waals surface area contributed by atoms with E-state index in [1.54, 1.807) is 12.1 Å². The van der Waals surface area contributed by atoms with Crippen LogP contribution in [0.1, 0.15) is 10.4 Å². The molecule has 0 saturated heterocycles. The van der Waals surface area contributed by atoms with Gasteiger partial charge in [0.25, 0.3) is 5.91 Å². The molecule has 0 aliphatic heterocycles. The molecule has 1 amide bonds. The van der Waals surface area contributed by atoms with E-state index in [9.17, 15) is 4.79 Å². The maximum absolute atomic E-state index is 10.9. The summed E-state index contributed by atoms with van der Waals surface area (Å²) in [6, 6.07) is 7.15. The molecule has 0 unspecified atom stereocenters. The molecule has 0 radical (unpaired) electrons. The first-order chi connectivity index (χ1) is 5.75. The Hall–Kier alpha value is -1.16. The summed E-state index contributed by atoms with van der Waals surface area (Å²) in [5.74, 6) is -0.410. The molecule has 0 aliphatic rings. The Morgan fingerprint density at radius 3 is 2.75 bits per heavy atom. The summed E-state index contributed by atoms with van der Waals surface area (Å²) in [6.45, 7) is 0. The fourth-order valence-corrected chi connectivity index (χ4v) is 1.29. The van der Waals surface area contributed by atoms with E-state index in [-0.39, 0.29) is 0 Å². The van der Waals surface area contributed by atoms with Gasteiger partial charge in [-0.05, 0) is 12.1 Å². The minimum atomic E-state index is -0.410. The SMILES string of the molecule is CSNc1ccccc1C(N)=O. The molecular formula is C8H10N2OS. The van der Waals surface area contributed by atoms with E-state index in [0.717, 1.165) is 5.69 Å². The van der Waals surface area contributed by atoms with Crippen LogP contribution < -0.4 is 10.5 Å². The Morgan fingerprint density at radius 2 is 2.17 bits per heavy atom. The maximum atomic E-state index is 10.9. The highest BCUT2D eigenvalue weighted by Crippen LogP contribution is 2.16. The van der Waals surface area contributed by atoms with Gasteiger partial charge in [-0.3, -0.25) is 4.79 Å². The molecule has 1 aromatic carbocycles. The Morgan fingerprint density at radius 1 is 1.50 bits per heavy atom.